The van der Waals surface area contributed by atoms with E-state index in [2.05, 4.69) is 158 Å². The van der Waals surface area contributed by atoms with E-state index in [-0.39, 0.29) is 0 Å². The van der Waals surface area contributed by atoms with Crippen LogP contribution in [0.3, 0.4) is 0 Å². The van der Waals surface area contributed by atoms with Gasteiger partial charge in [0.2, 0.25) is 0 Å². The van der Waals surface area contributed by atoms with Crippen LogP contribution < -0.4 is 0 Å². The fourth-order valence-corrected chi connectivity index (χ4v) is 6.95. The SMILES string of the molecule is Cc1cccc(C)c1-n1ccnc1-c1cccc(CCc2ccc(CCc3cccc(-c4nccn4-c4c(C)cccc4C)c3)cc2)c1. The van der Waals surface area contributed by atoms with Crippen LogP contribution in [0.4, 0.5) is 0 Å². The van der Waals surface area contributed by atoms with Crippen molar-refractivity contribution in [2.24, 2.45) is 0 Å². The van der Waals surface area contributed by atoms with E-state index >= 15 is 0 Å². The van der Waals surface area contributed by atoms with Crippen molar-refractivity contribution in [2.75, 3.05) is 0 Å². The summed E-state index contributed by atoms with van der Waals surface area (Å²) in [5.74, 6) is 1.96. The number of nitrogens with zero attached hydrogens (tertiary/aromatic N) is 4. The molecule has 0 fully saturated rings. The Balaban J connectivity index is 0.992. The second-order valence-corrected chi connectivity index (χ2v) is 12.9. The maximum absolute atomic E-state index is 4.75. The third-order valence-electron chi connectivity index (χ3n) is 9.44. The Morgan fingerprint density at radius 2 is 0.771 bits per heavy atom. The molecule has 0 aliphatic rings. The highest BCUT2D eigenvalue weighted by Gasteiger charge is 2.14. The molecule has 5 aromatic carbocycles. The molecule has 4 heteroatoms. The van der Waals surface area contributed by atoms with Crippen LogP contribution in [0.5, 0.6) is 0 Å². The van der Waals surface area contributed by atoms with Crippen LogP contribution in [0.25, 0.3) is 34.2 Å². The van der Waals surface area contributed by atoms with Crippen LogP contribution in [-0.4, -0.2) is 19.1 Å². The molecule has 2 heterocycles. The van der Waals surface area contributed by atoms with Crippen molar-refractivity contribution in [3.05, 3.63) is 178 Å². The lowest BCUT2D eigenvalue weighted by molar-refractivity contribution is 0.939. The Morgan fingerprint density at radius 1 is 0.417 bits per heavy atom. The van der Waals surface area contributed by atoms with Crippen LogP contribution in [0.1, 0.15) is 44.5 Å². The topological polar surface area (TPSA) is 35.6 Å². The summed E-state index contributed by atoms with van der Waals surface area (Å²) >= 11 is 0. The third-order valence-corrected chi connectivity index (χ3v) is 9.44. The van der Waals surface area contributed by atoms with Crippen molar-refractivity contribution in [2.45, 2.75) is 53.4 Å². The maximum Gasteiger partial charge on any atom is 0.144 e. The smallest absolute Gasteiger partial charge is 0.144 e. The van der Waals surface area contributed by atoms with Gasteiger partial charge in [-0.1, -0.05) is 97.1 Å². The summed E-state index contributed by atoms with van der Waals surface area (Å²) in [5, 5.41) is 0. The van der Waals surface area contributed by atoms with E-state index in [0.717, 1.165) is 48.5 Å². The van der Waals surface area contributed by atoms with E-state index in [1.165, 1.54) is 55.9 Å². The van der Waals surface area contributed by atoms with Crippen LogP contribution in [0, 0.1) is 27.7 Å². The van der Waals surface area contributed by atoms with Gasteiger partial charge in [0.1, 0.15) is 11.6 Å². The highest BCUT2D eigenvalue weighted by molar-refractivity contribution is 5.63. The molecule has 2 aromatic heterocycles. The first-order valence-corrected chi connectivity index (χ1v) is 16.9. The lowest BCUT2D eigenvalue weighted by Crippen LogP contribution is -2.02. The minimum atomic E-state index is 0.982. The molecule has 4 nitrogen and oxygen atoms in total. The van der Waals surface area contributed by atoms with Gasteiger partial charge in [-0.15, -0.1) is 0 Å². The fraction of sp³-hybridized carbons (Fsp3) is 0.182. The average molecular weight is 627 g/mol. The molecule has 0 saturated heterocycles. The fourth-order valence-electron chi connectivity index (χ4n) is 6.95. The first-order chi connectivity index (χ1) is 23.4. The number of hydrogen-bond acceptors (Lipinski definition) is 2. The van der Waals surface area contributed by atoms with E-state index in [0.29, 0.717) is 0 Å². The summed E-state index contributed by atoms with van der Waals surface area (Å²) in [7, 11) is 0. The number of aromatic nitrogens is 4. The first-order valence-electron chi connectivity index (χ1n) is 16.9. The van der Waals surface area contributed by atoms with Crippen molar-refractivity contribution in [3.63, 3.8) is 0 Å². The molecule has 0 radical (unpaired) electrons. The number of imidazole rings is 2. The number of para-hydroxylation sites is 2. The molecule has 7 rings (SSSR count). The van der Waals surface area contributed by atoms with Crippen molar-refractivity contribution in [3.8, 4) is 34.2 Å². The Hall–Kier alpha value is -5.48. The molecule has 0 saturated carbocycles. The van der Waals surface area contributed by atoms with E-state index in [1.54, 1.807) is 0 Å². The molecule has 0 aliphatic carbocycles. The van der Waals surface area contributed by atoms with Crippen LogP contribution >= 0.6 is 0 Å². The van der Waals surface area contributed by atoms with Crippen LogP contribution in [0.15, 0.2) is 134 Å². The van der Waals surface area contributed by atoms with Gasteiger partial charge in [0, 0.05) is 35.9 Å². The van der Waals surface area contributed by atoms with E-state index < -0.39 is 0 Å². The molecule has 48 heavy (non-hydrogen) atoms. The summed E-state index contributed by atoms with van der Waals surface area (Å²) in [5.41, 5.74) is 15.1. The molecule has 0 atom stereocenters. The Morgan fingerprint density at radius 3 is 1.17 bits per heavy atom. The Bertz CT molecular complexity index is 1980. The van der Waals surface area contributed by atoms with E-state index in [4.69, 9.17) is 9.97 Å². The number of aryl methyl sites for hydroxylation is 8. The average Bonchev–Trinajstić information content (AvgIpc) is 3.78. The number of hydrogen-bond donors (Lipinski definition) is 0. The molecule has 0 unspecified atom stereocenters. The van der Waals surface area contributed by atoms with Gasteiger partial charge < -0.3 is 0 Å². The van der Waals surface area contributed by atoms with Gasteiger partial charge in [-0.2, -0.15) is 0 Å². The summed E-state index contributed by atoms with van der Waals surface area (Å²) < 4.78 is 4.44. The number of benzene rings is 5. The quantitative estimate of drug-likeness (QED) is 0.151. The largest absolute Gasteiger partial charge is 0.299 e. The number of rotatable bonds is 10. The van der Waals surface area contributed by atoms with E-state index in [9.17, 15) is 0 Å². The monoisotopic (exact) mass is 626 g/mol. The van der Waals surface area contributed by atoms with Crippen LogP contribution in [0.2, 0.25) is 0 Å². The lowest BCUT2D eigenvalue weighted by Gasteiger charge is -2.14. The summed E-state index contributed by atoms with van der Waals surface area (Å²) in [6.07, 6.45) is 11.9. The van der Waals surface area contributed by atoms with Gasteiger partial charge >= 0.3 is 0 Å². The predicted molar refractivity (Wildman–Crippen MR) is 198 cm³/mol. The zero-order chi connectivity index (χ0) is 33.0. The van der Waals surface area contributed by atoms with Crippen molar-refractivity contribution in [1.29, 1.82) is 0 Å². The minimum Gasteiger partial charge on any atom is -0.299 e. The van der Waals surface area contributed by atoms with Gasteiger partial charge in [-0.3, -0.25) is 9.13 Å². The molecule has 238 valence electrons. The zero-order valence-electron chi connectivity index (χ0n) is 28.3. The molecular formula is C44H42N4. The summed E-state index contributed by atoms with van der Waals surface area (Å²) in [4.78, 5) is 9.50. The highest BCUT2D eigenvalue weighted by Crippen LogP contribution is 2.28. The standard InChI is InChI=1S/C44H42N4/c1-31-9-5-10-32(2)41(31)47-27-25-45-43(47)39-15-7-13-37(29-39)23-21-35-17-19-36(20-18-35)22-24-38-14-8-16-40(30-38)44-46-26-28-48(44)42-33(3)11-6-12-34(42)4/h5-20,25-30H,21-24H2,1-4H3. The zero-order valence-corrected chi connectivity index (χ0v) is 28.3. The second-order valence-electron chi connectivity index (χ2n) is 12.9. The van der Waals surface area contributed by atoms with Crippen molar-refractivity contribution >= 4 is 0 Å². The predicted octanol–water partition coefficient (Wildman–Crippen LogP) is 10.2. The second kappa shape index (κ2) is 13.7. The summed E-state index contributed by atoms with van der Waals surface area (Å²) in [6.45, 7) is 8.65. The van der Waals surface area contributed by atoms with Gasteiger partial charge in [0.15, 0.2) is 0 Å². The first kappa shape index (κ1) is 31.1. The summed E-state index contributed by atoms with van der Waals surface area (Å²) in [6, 6.07) is 39.8. The van der Waals surface area contributed by atoms with Crippen molar-refractivity contribution in [1.82, 2.24) is 19.1 Å². The Kier molecular flexibility index (Phi) is 8.89. The maximum atomic E-state index is 4.75. The van der Waals surface area contributed by atoms with Crippen molar-refractivity contribution < 1.29 is 0 Å². The highest BCUT2D eigenvalue weighted by atomic mass is 15.1. The van der Waals surface area contributed by atoms with E-state index in [1.807, 2.05) is 12.4 Å². The van der Waals surface area contributed by atoms with Gasteiger partial charge in [0.25, 0.3) is 0 Å². The Labute approximate surface area is 284 Å². The molecule has 0 N–H and O–H groups in total. The molecular weight excluding hydrogens is 585 g/mol. The lowest BCUT2D eigenvalue weighted by atomic mass is 9.99. The van der Waals surface area contributed by atoms with Gasteiger partial charge in [0.05, 0.1) is 11.4 Å². The van der Waals surface area contributed by atoms with Gasteiger partial charge in [-0.05, 0) is 110 Å². The molecule has 0 aliphatic heterocycles. The van der Waals surface area contributed by atoms with Gasteiger partial charge in [-0.25, -0.2) is 9.97 Å². The molecule has 0 bridgehead atoms. The molecule has 0 spiro atoms. The normalized spacial score (nSPS) is 11.2. The molecule has 0 amide bonds. The van der Waals surface area contributed by atoms with Crippen LogP contribution in [-0.2, 0) is 25.7 Å². The molecule has 7 aromatic rings. The minimum absolute atomic E-state index is 0.982. The third kappa shape index (κ3) is 6.52.